The third-order valence-corrected chi connectivity index (χ3v) is 4.99. The van der Waals surface area contributed by atoms with Gasteiger partial charge in [0.15, 0.2) is 6.61 Å². The molecule has 0 radical (unpaired) electrons. The second-order valence-corrected chi connectivity index (χ2v) is 8.11. The minimum atomic E-state index is -0.587. The van der Waals surface area contributed by atoms with Gasteiger partial charge in [0.25, 0.3) is 5.91 Å². The zero-order chi connectivity index (χ0) is 24.3. The van der Waals surface area contributed by atoms with Gasteiger partial charge < -0.3 is 20.1 Å². The van der Waals surface area contributed by atoms with E-state index in [1.165, 1.54) is 24.3 Å². The zero-order valence-corrected chi connectivity index (χ0v) is 19.6. The molecule has 176 valence electrons. The van der Waals surface area contributed by atoms with Crippen molar-refractivity contribution in [3.05, 3.63) is 83.1 Å². The van der Waals surface area contributed by atoms with Crippen LogP contribution in [0.25, 0.3) is 0 Å². The molecule has 0 atom stereocenters. The summed E-state index contributed by atoms with van der Waals surface area (Å²) >= 11 is 3.37. The fourth-order valence-corrected chi connectivity index (χ4v) is 3.07. The molecule has 3 aromatic carbocycles. The second kappa shape index (κ2) is 12.5. The van der Waals surface area contributed by atoms with E-state index >= 15 is 0 Å². The molecule has 0 aliphatic carbocycles. The van der Waals surface area contributed by atoms with Gasteiger partial charge in [0.1, 0.15) is 17.3 Å². The number of carbonyl (C=O) groups excluding carboxylic acids is 3. The molecule has 0 spiro atoms. The van der Waals surface area contributed by atoms with E-state index in [1.807, 2.05) is 24.3 Å². The minimum absolute atomic E-state index is 0.00276. The molecule has 0 bridgehead atoms. The lowest BCUT2D eigenvalue weighted by atomic mass is 10.2. The number of amides is 2. The lowest BCUT2D eigenvalue weighted by molar-refractivity contribution is -0.147. The summed E-state index contributed by atoms with van der Waals surface area (Å²) in [5.74, 6) is -0.465. The molecule has 3 rings (SSSR count). The molecular weight excluding hydrogens is 507 g/mol. The van der Waals surface area contributed by atoms with E-state index in [0.29, 0.717) is 22.9 Å². The second-order valence-electron chi connectivity index (χ2n) is 7.20. The smallest absolute Gasteiger partial charge is 0.306 e. The topological polar surface area (TPSA) is 93.7 Å². The molecule has 7 nitrogen and oxygen atoms in total. The van der Waals surface area contributed by atoms with Crippen LogP contribution in [0.5, 0.6) is 11.5 Å². The average Bonchev–Trinajstić information content (AvgIpc) is 2.82. The van der Waals surface area contributed by atoms with Crippen molar-refractivity contribution in [2.24, 2.45) is 0 Å². The van der Waals surface area contributed by atoms with Gasteiger partial charge in [0, 0.05) is 28.7 Å². The molecule has 9 heteroatoms. The van der Waals surface area contributed by atoms with Crippen molar-refractivity contribution in [2.75, 3.05) is 17.2 Å². The first-order valence-electron chi connectivity index (χ1n) is 10.4. The summed E-state index contributed by atoms with van der Waals surface area (Å²) in [6.07, 6.45) is 0.389. The number of carbonyl (C=O) groups is 3. The molecule has 0 saturated carbocycles. The quantitative estimate of drug-likeness (QED) is 0.330. The summed E-state index contributed by atoms with van der Waals surface area (Å²) in [6, 6.07) is 19.6. The van der Waals surface area contributed by atoms with Crippen molar-refractivity contribution >= 4 is 45.1 Å². The fourth-order valence-electron chi connectivity index (χ4n) is 2.81. The Hall–Kier alpha value is -3.72. The number of rotatable bonds is 10. The Labute approximate surface area is 204 Å². The van der Waals surface area contributed by atoms with Crippen molar-refractivity contribution in [1.82, 2.24) is 0 Å². The molecule has 34 heavy (non-hydrogen) atoms. The van der Waals surface area contributed by atoms with Crippen LogP contribution in [0.4, 0.5) is 15.8 Å². The fraction of sp³-hybridized carbons (Fsp3) is 0.160. The third kappa shape index (κ3) is 8.67. The van der Waals surface area contributed by atoms with Crippen LogP contribution in [-0.4, -0.2) is 24.4 Å². The predicted octanol–water partition coefficient (Wildman–Crippen LogP) is 5.67. The van der Waals surface area contributed by atoms with Gasteiger partial charge in [0.2, 0.25) is 5.91 Å². The first kappa shape index (κ1) is 24.9. The van der Waals surface area contributed by atoms with Crippen LogP contribution < -0.4 is 15.4 Å². The first-order chi connectivity index (χ1) is 16.4. The van der Waals surface area contributed by atoms with Crippen molar-refractivity contribution in [3.63, 3.8) is 0 Å². The Kier molecular flexibility index (Phi) is 9.16. The molecule has 2 amide bonds. The Morgan fingerprint density at radius 1 is 0.735 bits per heavy atom. The van der Waals surface area contributed by atoms with Crippen LogP contribution in [0.1, 0.15) is 19.3 Å². The van der Waals surface area contributed by atoms with E-state index in [2.05, 4.69) is 26.6 Å². The lowest BCUT2D eigenvalue weighted by Crippen LogP contribution is -2.21. The zero-order valence-electron chi connectivity index (χ0n) is 18.1. The summed E-state index contributed by atoms with van der Waals surface area (Å²) in [5, 5.41) is 5.24. The summed E-state index contributed by atoms with van der Waals surface area (Å²) in [4.78, 5) is 35.7. The maximum atomic E-state index is 12.9. The highest BCUT2D eigenvalue weighted by molar-refractivity contribution is 9.10. The minimum Gasteiger partial charge on any atom is -0.457 e. The number of halogens is 2. The van der Waals surface area contributed by atoms with Gasteiger partial charge in [0.05, 0.1) is 0 Å². The molecule has 0 heterocycles. The first-order valence-corrected chi connectivity index (χ1v) is 11.2. The van der Waals surface area contributed by atoms with Crippen LogP contribution in [-0.2, 0) is 19.1 Å². The number of anilines is 2. The van der Waals surface area contributed by atoms with E-state index in [9.17, 15) is 18.8 Å². The lowest BCUT2D eigenvalue weighted by Gasteiger charge is -2.09. The maximum absolute atomic E-state index is 12.9. The third-order valence-electron chi connectivity index (χ3n) is 4.46. The van der Waals surface area contributed by atoms with Gasteiger partial charge in [-0.15, -0.1) is 0 Å². The predicted molar refractivity (Wildman–Crippen MR) is 129 cm³/mol. The van der Waals surface area contributed by atoms with Crippen molar-refractivity contribution in [1.29, 1.82) is 0 Å². The number of hydrogen-bond donors (Lipinski definition) is 2. The van der Waals surface area contributed by atoms with Crippen LogP contribution in [0.3, 0.4) is 0 Å². The SMILES string of the molecule is O=C(CCCC(=O)OCC(=O)Nc1ccc(F)cc1)Nc1ccc(Oc2ccc(Br)cc2)cc1. The summed E-state index contributed by atoms with van der Waals surface area (Å²) in [7, 11) is 0. The normalized spacial score (nSPS) is 10.3. The Balaban J connectivity index is 1.32. The van der Waals surface area contributed by atoms with Gasteiger partial charge in [-0.1, -0.05) is 15.9 Å². The number of hydrogen-bond acceptors (Lipinski definition) is 5. The van der Waals surface area contributed by atoms with Crippen LogP contribution >= 0.6 is 15.9 Å². The number of benzene rings is 3. The molecule has 0 aromatic heterocycles. The molecule has 0 aliphatic heterocycles. The van der Waals surface area contributed by atoms with Gasteiger partial charge in [-0.25, -0.2) is 4.39 Å². The summed E-state index contributed by atoms with van der Waals surface area (Å²) in [5.41, 5.74) is 1.00. The number of ether oxygens (including phenoxy) is 2. The van der Waals surface area contributed by atoms with Gasteiger partial charge in [-0.3, -0.25) is 14.4 Å². The highest BCUT2D eigenvalue weighted by atomic mass is 79.9. The standard InChI is InChI=1S/C25H22BrFN2O5/c26-17-4-12-21(13-5-17)34-22-14-10-20(11-15-22)28-23(30)2-1-3-25(32)33-16-24(31)29-19-8-6-18(27)7-9-19/h4-15H,1-3,16H2,(H,28,30)(H,29,31). The molecular formula is C25H22BrFN2O5. The number of nitrogens with one attached hydrogen (secondary N) is 2. The van der Waals surface area contributed by atoms with Gasteiger partial charge in [-0.2, -0.15) is 0 Å². The Bertz CT molecular complexity index is 1120. The summed E-state index contributed by atoms with van der Waals surface area (Å²) < 4.78 is 24.4. The van der Waals surface area contributed by atoms with E-state index in [0.717, 1.165) is 4.47 Å². The highest BCUT2D eigenvalue weighted by Crippen LogP contribution is 2.24. The van der Waals surface area contributed by atoms with E-state index in [-0.39, 0.29) is 25.2 Å². The molecule has 0 fully saturated rings. The van der Waals surface area contributed by atoms with Crippen molar-refractivity contribution in [3.8, 4) is 11.5 Å². The van der Waals surface area contributed by atoms with Gasteiger partial charge >= 0.3 is 5.97 Å². The van der Waals surface area contributed by atoms with Crippen LogP contribution in [0.2, 0.25) is 0 Å². The molecule has 0 saturated heterocycles. The largest absolute Gasteiger partial charge is 0.457 e. The average molecular weight is 529 g/mol. The van der Waals surface area contributed by atoms with Crippen LogP contribution in [0, 0.1) is 5.82 Å². The maximum Gasteiger partial charge on any atom is 0.306 e. The van der Waals surface area contributed by atoms with Crippen molar-refractivity contribution < 1.29 is 28.2 Å². The Morgan fingerprint density at radius 3 is 1.88 bits per heavy atom. The van der Waals surface area contributed by atoms with Gasteiger partial charge in [-0.05, 0) is 79.2 Å². The molecule has 3 aromatic rings. The molecule has 0 unspecified atom stereocenters. The van der Waals surface area contributed by atoms with Crippen LogP contribution in [0.15, 0.2) is 77.3 Å². The number of esters is 1. The van der Waals surface area contributed by atoms with E-state index in [1.54, 1.807) is 24.3 Å². The Morgan fingerprint density at radius 2 is 1.26 bits per heavy atom. The highest BCUT2D eigenvalue weighted by Gasteiger charge is 2.10. The molecule has 0 aliphatic rings. The molecule has 2 N–H and O–H groups in total. The van der Waals surface area contributed by atoms with E-state index < -0.39 is 24.3 Å². The monoisotopic (exact) mass is 528 g/mol. The summed E-state index contributed by atoms with van der Waals surface area (Å²) in [6.45, 7) is -0.461. The van der Waals surface area contributed by atoms with E-state index in [4.69, 9.17) is 9.47 Å². The van der Waals surface area contributed by atoms with Crippen molar-refractivity contribution in [2.45, 2.75) is 19.3 Å².